The summed E-state index contributed by atoms with van der Waals surface area (Å²) in [5.74, 6) is 0. The SMILES string of the molecule is Cc1ccc(CN(C)C(=O)Nc2ccc3ccccc3c2)cc1. The standard InChI is InChI=1S/C20H20N2O/c1-15-7-9-16(10-8-15)14-22(2)20(23)21-19-12-11-17-5-3-4-6-18(17)13-19/h3-13H,14H2,1-2H3,(H,21,23). The smallest absolute Gasteiger partial charge is 0.321 e. The van der Waals surface area contributed by atoms with Crippen molar-refractivity contribution in [3.8, 4) is 0 Å². The fourth-order valence-electron chi connectivity index (χ4n) is 2.53. The highest BCUT2D eigenvalue weighted by molar-refractivity contribution is 5.93. The number of anilines is 1. The van der Waals surface area contributed by atoms with E-state index < -0.39 is 0 Å². The molecule has 0 heterocycles. The number of aryl methyl sites for hydroxylation is 1. The van der Waals surface area contributed by atoms with Gasteiger partial charge in [0, 0.05) is 19.3 Å². The first kappa shape index (κ1) is 15.1. The molecule has 0 saturated heterocycles. The predicted octanol–water partition coefficient (Wildman–Crippen LogP) is 4.81. The van der Waals surface area contributed by atoms with Gasteiger partial charge in [0.25, 0.3) is 0 Å². The summed E-state index contributed by atoms with van der Waals surface area (Å²) in [6.45, 7) is 2.64. The lowest BCUT2D eigenvalue weighted by Gasteiger charge is -2.18. The number of hydrogen-bond acceptors (Lipinski definition) is 1. The third kappa shape index (κ3) is 3.69. The lowest BCUT2D eigenvalue weighted by molar-refractivity contribution is 0.220. The lowest BCUT2D eigenvalue weighted by atomic mass is 10.1. The quantitative estimate of drug-likeness (QED) is 0.739. The van der Waals surface area contributed by atoms with Crippen LogP contribution < -0.4 is 5.32 Å². The fourth-order valence-corrected chi connectivity index (χ4v) is 2.53. The Morgan fingerprint density at radius 2 is 1.65 bits per heavy atom. The first-order chi connectivity index (χ1) is 11.1. The Morgan fingerprint density at radius 3 is 2.39 bits per heavy atom. The van der Waals surface area contributed by atoms with Gasteiger partial charge >= 0.3 is 6.03 Å². The van der Waals surface area contributed by atoms with Gasteiger partial charge in [-0.05, 0) is 35.4 Å². The fraction of sp³-hybridized carbons (Fsp3) is 0.150. The Hall–Kier alpha value is -2.81. The van der Waals surface area contributed by atoms with E-state index in [4.69, 9.17) is 0 Å². The zero-order valence-electron chi connectivity index (χ0n) is 13.4. The molecule has 0 fully saturated rings. The molecule has 116 valence electrons. The summed E-state index contributed by atoms with van der Waals surface area (Å²) in [6, 6.07) is 22.2. The molecule has 0 saturated carbocycles. The molecule has 0 atom stereocenters. The molecule has 3 rings (SSSR count). The van der Waals surface area contributed by atoms with E-state index >= 15 is 0 Å². The summed E-state index contributed by atoms with van der Waals surface area (Å²) in [7, 11) is 1.80. The molecule has 2 amide bonds. The number of amides is 2. The van der Waals surface area contributed by atoms with E-state index in [9.17, 15) is 4.79 Å². The summed E-state index contributed by atoms with van der Waals surface area (Å²) in [6.07, 6.45) is 0. The van der Waals surface area contributed by atoms with Gasteiger partial charge in [-0.3, -0.25) is 0 Å². The first-order valence-electron chi connectivity index (χ1n) is 7.68. The van der Waals surface area contributed by atoms with Crippen molar-refractivity contribution in [1.29, 1.82) is 0 Å². The van der Waals surface area contributed by atoms with E-state index in [2.05, 4.69) is 42.6 Å². The summed E-state index contributed by atoms with van der Waals surface area (Å²) < 4.78 is 0. The molecule has 0 aliphatic carbocycles. The van der Waals surface area contributed by atoms with Crippen molar-refractivity contribution >= 4 is 22.5 Å². The van der Waals surface area contributed by atoms with E-state index in [-0.39, 0.29) is 6.03 Å². The van der Waals surface area contributed by atoms with Gasteiger partial charge in [-0.15, -0.1) is 0 Å². The number of benzene rings is 3. The molecular weight excluding hydrogens is 284 g/mol. The van der Waals surface area contributed by atoms with E-state index in [1.807, 2.05) is 36.4 Å². The number of carbonyl (C=O) groups excluding carboxylic acids is 1. The van der Waals surface area contributed by atoms with Gasteiger partial charge in [-0.2, -0.15) is 0 Å². The molecule has 0 aliphatic rings. The van der Waals surface area contributed by atoms with Crippen molar-refractivity contribution in [2.75, 3.05) is 12.4 Å². The highest BCUT2D eigenvalue weighted by atomic mass is 16.2. The minimum atomic E-state index is -0.110. The maximum absolute atomic E-state index is 12.3. The normalized spacial score (nSPS) is 10.5. The largest absolute Gasteiger partial charge is 0.323 e. The second-order valence-corrected chi connectivity index (χ2v) is 5.83. The van der Waals surface area contributed by atoms with Crippen molar-refractivity contribution in [2.24, 2.45) is 0 Å². The van der Waals surface area contributed by atoms with Crippen LogP contribution in [0.3, 0.4) is 0 Å². The van der Waals surface area contributed by atoms with Crippen LogP contribution in [0.5, 0.6) is 0 Å². The lowest BCUT2D eigenvalue weighted by Crippen LogP contribution is -2.30. The van der Waals surface area contributed by atoms with Crippen LogP contribution in [0.4, 0.5) is 10.5 Å². The zero-order valence-corrected chi connectivity index (χ0v) is 13.4. The average Bonchev–Trinajstić information content (AvgIpc) is 2.56. The van der Waals surface area contributed by atoms with Crippen molar-refractivity contribution in [2.45, 2.75) is 13.5 Å². The van der Waals surface area contributed by atoms with Gasteiger partial charge in [0.2, 0.25) is 0 Å². The summed E-state index contributed by atoms with van der Waals surface area (Å²) in [5.41, 5.74) is 3.15. The minimum absolute atomic E-state index is 0.110. The van der Waals surface area contributed by atoms with Gasteiger partial charge in [-0.25, -0.2) is 4.79 Å². The van der Waals surface area contributed by atoms with Gasteiger partial charge in [0.15, 0.2) is 0 Å². The molecule has 3 aromatic carbocycles. The highest BCUT2D eigenvalue weighted by Gasteiger charge is 2.09. The third-order valence-corrected chi connectivity index (χ3v) is 3.89. The molecular formula is C20H20N2O. The Bertz CT molecular complexity index is 824. The second-order valence-electron chi connectivity index (χ2n) is 5.83. The van der Waals surface area contributed by atoms with Gasteiger partial charge < -0.3 is 10.2 Å². The third-order valence-electron chi connectivity index (χ3n) is 3.89. The molecule has 0 aromatic heterocycles. The van der Waals surface area contributed by atoms with E-state index in [0.29, 0.717) is 6.54 Å². The molecule has 3 nitrogen and oxygen atoms in total. The molecule has 0 aliphatic heterocycles. The Labute approximate surface area is 136 Å². The molecule has 23 heavy (non-hydrogen) atoms. The molecule has 0 spiro atoms. The summed E-state index contributed by atoms with van der Waals surface area (Å²) >= 11 is 0. The maximum atomic E-state index is 12.3. The van der Waals surface area contributed by atoms with E-state index in [0.717, 1.165) is 16.6 Å². The van der Waals surface area contributed by atoms with Crippen molar-refractivity contribution < 1.29 is 4.79 Å². The molecule has 1 N–H and O–H groups in total. The Balaban J connectivity index is 1.68. The minimum Gasteiger partial charge on any atom is -0.323 e. The molecule has 0 radical (unpaired) electrons. The van der Waals surface area contributed by atoms with Crippen LogP contribution in [-0.2, 0) is 6.54 Å². The Morgan fingerprint density at radius 1 is 0.957 bits per heavy atom. The number of nitrogens with one attached hydrogen (secondary N) is 1. The number of hydrogen-bond donors (Lipinski definition) is 1. The van der Waals surface area contributed by atoms with Gasteiger partial charge in [0.1, 0.15) is 0 Å². The van der Waals surface area contributed by atoms with Gasteiger partial charge in [-0.1, -0.05) is 60.2 Å². The van der Waals surface area contributed by atoms with Crippen molar-refractivity contribution in [1.82, 2.24) is 4.90 Å². The number of carbonyl (C=O) groups is 1. The summed E-state index contributed by atoms with van der Waals surface area (Å²) in [5, 5.41) is 5.23. The first-order valence-corrected chi connectivity index (χ1v) is 7.68. The topological polar surface area (TPSA) is 32.3 Å². The number of nitrogens with zero attached hydrogens (tertiary/aromatic N) is 1. The van der Waals surface area contributed by atoms with E-state index in [1.165, 1.54) is 10.9 Å². The van der Waals surface area contributed by atoms with Crippen LogP contribution in [-0.4, -0.2) is 18.0 Å². The second kappa shape index (κ2) is 6.53. The van der Waals surface area contributed by atoms with E-state index in [1.54, 1.807) is 11.9 Å². The molecule has 0 unspecified atom stereocenters. The van der Waals surface area contributed by atoms with Crippen LogP contribution in [0.1, 0.15) is 11.1 Å². The maximum Gasteiger partial charge on any atom is 0.321 e. The van der Waals surface area contributed by atoms with Crippen LogP contribution in [0, 0.1) is 6.92 Å². The number of fused-ring (bicyclic) bond motifs is 1. The predicted molar refractivity (Wildman–Crippen MR) is 95.6 cm³/mol. The van der Waals surface area contributed by atoms with Crippen LogP contribution >= 0.6 is 0 Å². The monoisotopic (exact) mass is 304 g/mol. The highest BCUT2D eigenvalue weighted by Crippen LogP contribution is 2.19. The number of rotatable bonds is 3. The van der Waals surface area contributed by atoms with Crippen LogP contribution in [0.2, 0.25) is 0 Å². The van der Waals surface area contributed by atoms with Crippen molar-refractivity contribution in [3.63, 3.8) is 0 Å². The summed E-state index contributed by atoms with van der Waals surface area (Å²) in [4.78, 5) is 14.0. The van der Waals surface area contributed by atoms with Crippen LogP contribution in [0.15, 0.2) is 66.7 Å². The number of urea groups is 1. The molecule has 0 bridgehead atoms. The average molecular weight is 304 g/mol. The zero-order chi connectivity index (χ0) is 16.2. The van der Waals surface area contributed by atoms with Crippen LogP contribution in [0.25, 0.3) is 10.8 Å². The van der Waals surface area contributed by atoms with Gasteiger partial charge in [0.05, 0.1) is 0 Å². The molecule has 3 aromatic rings. The van der Waals surface area contributed by atoms with Crippen molar-refractivity contribution in [3.05, 3.63) is 77.9 Å². The molecule has 3 heteroatoms. The Kier molecular flexibility index (Phi) is 4.29.